The maximum absolute atomic E-state index is 16.9. The molecule has 148 heavy (non-hydrogen) atoms. The smallest absolute Gasteiger partial charge is 0.358 e. The van der Waals surface area contributed by atoms with E-state index in [1.807, 2.05) is 141 Å². The molecule has 0 spiro atoms. The average molecular weight is 2040 g/mol. The molecule has 7 aliphatic rings. The number of thiazole rings is 2. The van der Waals surface area contributed by atoms with Crippen LogP contribution in [0, 0.1) is 19.8 Å². The van der Waals surface area contributed by atoms with Gasteiger partial charge < -0.3 is 44.2 Å². The van der Waals surface area contributed by atoms with Crippen LogP contribution < -0.4 is 50.8 Å². The number of carbonyl (C=O) groups is 10. The quantitative estimate of drug-likeness (QED) is 0.0196. The Morgan fingerprint density at radius 2 is 1.14 bits per heavy atom. The number of aromatic nitrogens is 8. The van der Waals surface area contributed by atoms with Crippen LogP contribution in [-0.2, 0) is 67.1 Å². The van der Waals surface area contributed by atoms with E-state index in [2.05, 4.69) is 51.4 Å². The minimum atomic E-state index is -3.39. The van der Waals surface area contributed by atoms with E-state index in [1.165, 1.54) is 22.7 Å². The lowest BCUT2D eigenvalue weighted by Gasteiger charge is -2.45. The summed E-state index contributed by atoms with van der Waals surface area (Å²) in [6, 6.07) is 53.9. The van der Waals surface area contributed by atoms with E-state index < -0.39 is 54.9 Å². The third kappa shape index (κ3) is 20.4. The zero-order valence-corrected chi connectivity index (χ0v) is 84.1. The van der Waals surface area contributed by atoms with Crippen LogP contribution in [0.2, 0.25) is 0 Å². The maximum Gasteiger partial charge on any atom is 0.358 e. The van der Waals surface area contributed by atoms with Gasteiger partial charge in [-0.2, -0.15) is 10.2 Å². The number of anilines is 6. The molecule has 14 aromatic rings. The van der Waals surface area contributed by atoms with Gasteiger partial charge in [-0.25, -0.2) is 38.3 Å². The molecule has 38 heteroatoms. The largest absolute Gasteiger partial charge is 0.493 e. The van der Waals surface area contributed by atoms with E-state index in [-0.39, 0.29) is 152 Å². The number of alkyl halides is 2. The number of carbonyl (C=O) groups excluding carboxylic acids is 9. The van der Waals surface area contributed by atoms with Crippen molar-refractivity contribution in [2.24, 2.45) is 20.0 Å². The number of carboxylic acid groups (broad SMARTS) is 1. The van der Waals surface area contributed by atoms with Gasteiger partial charge in [0.25, 0.3) is 17.7 Å². The molecule has 5 saturated heterocycles. The van der Waals surface area contributed by atoms with Crippen LogP contribution in [0.4, 0.5) is 42.1 Å². The average Bonchev–Trinajstić information content (AvgIpc) is 1.47. The number of para-hydroxylation sites is 3. The normalized spacial score (nSPS) is 19.1. The lowest BCUT2D eigenvalue weighted by Crippen LogP contribution is -2.61. The van der Waals surface area contributed by atoms with Gasteiger partial charge in [0.15, 0.2) is 28.3 Å². The van der Waals surface area contributed by atoms with Crippen LogP contribution in [-0.4, -0.2) is 240 Å². The molecule has 0 saturated carbocycles. The molecule has 8 aromatic carbocycles. The minimum absolute atomic E-state index is 0.0272. The highest BCUT2D eigenvalue weighted by molar-refractivity contribution is 7.22. The summed E-state index contributed by atoms with van der Waals surface area (Å²) < 4.78 is 58.7. The van der Waals surface area contributed by atoms with E-state index in [0.29, 0.717) is 160 Å². The molecular formula is C110H110F2N20O14S2. The van der Waals surface area contributed by atoms with Gasteiger partial charge in [0.2, 0.25) is 35.4 Å². The number of hydrogen-bond donors (Lipinski definition) is 6. The van der Waals surface area contributed by atoms with E-state index >= 15 is 18.4 Å². The molecule has 8 amide bonds. The van der Waals surface area contributed by atoms with Gasteiger partial charge >= 0.3 is 11.9 Å². The van der Waals surface area contributed by atoms with Crippen LogP contribution in [0.1, 0.15) is 163 Å². The van der Waals surface area contributed by atoms with Crippen LogP contribution in [0.25, 0.3) is 64.5 Å². The van der Waals surface area contributed by atoms with Crippen molar-refractivity contribution in [3.8, 4) is 33.8 Å². The molecule has 0 bridgehead atoms. The molecule has 0 radical (unpaired) electrons. The van der Waals surface area contributed by atoms with E-state index in [9.17, 15) is 43.5 Å². The number of piperidine rings is 3. The Morgan fingerprint density at radius 3 is 1.79 bits per heavy atom. The fourth-order valence-electron chi connectivity index (χ4n) is 22.2. The van der Waals surface area contributed by atoms with Gasteiger partial charge in [0, 0.05) is 149 Å². The summed E-state index contributed by atoms with van der Waals surface area (Å²) in [5.74, 6) is -7.87. The number of ether oxygens (including phenoxy) is 3. The Hall–Kier alpha value is -15.4. The van der Waals surface area contributed by atoms with Crippen molar-refractivity contribution in [1.82, 2.24) is 69.7 Å². The summed E-state index contributed by atoms with van der Waals surface area (Å²) >= 11 is 2.65. The molecule has 6 N–H and O–H groups in total. The molecular weight excluding hydrogens is 1930 g/mol. The molecule has 4 unspecified atom stereocenters. The molecule has 6 atom stereocenters. The Kier molecular flexibility index (Phi) is 27.7. The SMILES string of the molecule is Cc1c(OCCC2CCCN(CC(=O)Nc3ccc4c(C5CCC(=O)NC5=O)nn(C)c4c3)C2)cccc1-c1ccc(N2Cc3c(C(=O)Nc4nc5ccccc5s4)cccc3C(OC(=O)c3nc(N4CCc5cccc(C(=O)Nc6nc7ccccc7s6)c5C4)ccc3-c3cccc(OCC(F)(F)CN4C[C@@H](C)N(CC(=O)N5CCN(c6cccc7c(C8CCC(=O)NC8=O)nn(C)c67)CC5)[C@@H](C)C4)c3C)C2)nc1C(=O)O. The van der Waals surface area contributed by atoms with Crippen molar-refractivity contribution >= 4 is 157 Å². The standard InChI is InChI=1S/C110H110F2N20O14S2/c1-62-52-127(53-63(2)132(62)59-96(136)129-48-46-128(47-49-129)84-27-13-24-77-98(123-125(6)101(77)84)79-37-41-94(134)119-105(79)140)60-110(111,112)61-145-87-29-15-20-70(65(87)4)73-35-38-91(130-45-42-67-18-11-22-74(80(67)55-130)102(137)120-108-114-82-25-7-9-30-89(82)147-108)117-100(73)107(143)146-88-57-131(56-81-71(88)21-12-23-75(81)103(138)121-109-115-83-26-8-10-31-90(83)148-109)92-39-34-72(99(116-92)106(141)142)69-19-14-28-86(64(69)3)144-50-43-66-17-16-44-126(54-66)58-95(135)113-68-32-33-76-85(51-68)124(5)122-97(76)78-36-40-93(133)118-104(78)139/h7-15,18-35,38-39,51,62-63,66,78-79,88H,16-17,36-37,40-50,52-61H2,1-6H3,(H,113,135)(H,141,142)(H,114,120,137)(H,115,121,138)(H,118,133,139)(H,119,134,140)/t62-,63+,66?,78?,79?,88?. The summed E-state index contributed by atoms with van der Waals surface area (Å²) in [6.07, 6.45) is 2.91. The number of aryl methyl sites for hydroxylation is 2. The number of likely N-dealkylation sites (tertiary alicyclic amines) is 1. The molecule has 34 nitrogen and oxygen atoms in total. The number of nitrogens with zero attached hydrogens (tertiary/aromatic N) is 15. The number of halogens is 2. The molecule has 13 heterocycles. The number of carboxylic acids is 1. The second-order valence-electron chi connectivity index (χ2n) is 39.4. The van der Waals surface area contributed by atoms with E-state index in [0.717, 1.165) is 72.9 Å². The molecule has 760 valence electrons. The molecule has 6 aromatic heterocycles. The van der Waals surface area contributed by atoms with Crippen molar-refractivity contribution in [2.75, 3.05) is 129 Å². The number of fused-ring (bicyclic) bond motifs is 6. The predicted molar refractivity (Wildman–Crippen MR) is 559 cm³/mol. The Balaban J connectivity index is 0.522. The Bertz CT molecular complexity index is 7590. The Morgan fingerprint density at radius 1 is 0.541 bits per heavy atom. The van der Waals surface area contributed by atoms with Gasteiger partial charge in [0.05, 0.1) is 93.2 Å². The summed E-state index contributed by atoms with van der Waals surface area (Å²) in [7, 11) is 3.62. The number of pyridine rings is 2. The van der Waals surface area contributed by atoms with Gasteiger partial charge in [0.1, 0.15) is 29.2 Å². The minimum Gasteiger partial charge on any atom is -0.493 e. The summed E-state index contributed by atoms with van der Waals surface area (Å²) in [6.45, 7) is 10.7. The third-order valence-electron chi connectivity index (χ3n) is 29.6. The number of aromatic carboxylic acids is 1. The van der Waals surface area contributed by atoms with Crippen LogP contribution >= 0.6 is 22.7 Å². The number of piperazine rings is 2. The first-order chi connectivity index (χ1) is 71.5. The number of hydrogen-bond acceptors (Lipinski definition) is 27. The van der Waals surface area contributed by atoms with Gasteiger partial charge in [-0.1, -0.05) is 108 Å². The topological polar surface area (TPSA) is 389 Å². The zero-order valence-electron chi connectivity index (χ0n) is 82.5. The number of rotatable bonds is 28. The second kappa shape index (κ2) is 41.5. The number of amides is 8. The Labute approximate surface area is 858 Å². The number of nitrogens with one attached hydrogen (secondary N) is 5. The highest BCUT2D eigenvalue weighted by atomic mass is 32.1. The zero-order chi connectivity index (χ0) is 103. The summed E-state index contributed by atoms with van der Waals surface area (Å²) in [4.78, 5) is 171. The fourth-order valence-corrected chi connectivity index (χ4v) is 23.9. The second-order valence-corrected chi connectivity index (χ2v) is 41.4. The lowest BCUT2D eigenvalue weighted by atomic mass is 9.92. The van der Waals surface area contributed by atoms with Crippen molar-refractivity contribution in [3.05, 3.63) is 249 Å². The number of esters is 1. The molecule has 21 rings (SSSR count). The number of benzene rings is 8. The first-order valence-corrected chi connectivity index (χ1v) is 51.6. The van der Waals surface area contributed by atoms with Gasteiger partial charge in [-0.3, -0.25) is 83.7 Å². The van der Waals surface area contributed by atoms with E-state index in [4.69, 9.17) is 34.3 Å². The summed E-state index contributed by atoms with van der Waals surface area (Å²) in [5, 5.41) is 37.1. The molecule has 0 aliphatic carbocycles. The van der Waals surface area contributed by atoms with Crippen molar-refractivity contribution < 1.29 is 76.0 Å². The maximum atomic E-state index is 16.9. The van der Waals surface area contributed by atoms with E-state index in [1.54, 1.807) is 112 Å². The highest BCUT2D eigenvalue weighted by Gasteiger charge is 2.43. The highest BCUT2D eigenvalue weighted by Crippen LogP contribution is 2.44. The fraction of sp³-hybridized carbons (Fsp3) is 0.345. The van der Waals surface area contributed by atoms with Gasteiger partial charge in [-0.15, -0.1) is 0 Å². The van der Waals surface area contributed by atoms with Crippen LogP contribution in [0.3, 0.4) is 0 Å². The molecule has 5 fully saturated rings. The summed E-state index contributed by atoms with van der Waals surface area (Å²) in [5.41, 5.74) is 11.0. The van der Waals surface area contributed by atoms with Gasteiger partial charge in [-0.05, 0) is 215 Å². The third-order valence-corrected chi connectivity index (χ3v) is 31.5. The lowest BCUT2D eigenvalue weighted by molar-refractivity contribution is -0.136. The monoisotopic (exact) mass is 2040 g/mol. The van der Waals surface area contributed by atoms with Crippen molar-refractivity contribution in [3.63, 3.8) is 0 Å². The first-order valence-electron chi connectivity index (χ1n) is 50.0. The van der Waals surface area contributed by atoms with Crippen molar-refractivity contribution in [1.29, 1.82) is 0 Å². The van der Waals surface area contributed by atoms with Crippen LogP contribution in [0.5, 0.6) is 11.5 Å². The van der Waals surface area contributed by atoms with Crippen LogP contribution in [0.15, 0.2) is 182 Å². The molecule has 7 aliphatic heterocycles. The first kappa shape index (κ1) is 98.6. The number of imide groups is 2. The predicted octanol–water partition coefficient (Wildman–Crippen LogP) is 15.0. The van der Waals surface area contributed by atoms with Crippen molar-refractivity contribution in [2.45, 2.75) is 128 Å².